The predicted molar refractivity (Wildman–Crippen MR) is 62.2 cm³/mol. The van der Waals surface area contributed by atoms with Crippen molar-refractivity contribution in [3.63, 3.8) is 0 Å². The van der Waals surface area contributed by atoms with Gasteiger partial charge in [0.15, 0.2) is 0 Å². The van der Waals surface area contributed by atoms with Crippen molar-refractivity contribution in [1.29, 1.82) is 0 Å². The molecule has 1 saturated carbocycles. The molecule has 2 N–H and O–H groups in total. The minimum absolute atomic E-state index is 0.228. The molecular weight excluding hydrogens is 186 g/mol. The first-order chi connectivity index (χ1) is 7.19. The van der Waals surface area contributed by atoms with Crippen molar-refractivity contribution in [1.82, 2.24) is 0 Å². The number of hydrogen-bond acceptors (Lipinski definition) is 2. The van der Waals surface area contributed by atoms with Crippen LogP contribution in [0.4, 0.5) is 0 Å². The van der Waals surface area contributed by atoms with E-state index in [0.717, 1.165) is 5.75 Å². The van der Waals surface area contributed by atoms with E-state index >= 15 is 0 Å². The average molecular weight is 205 g/mol. The third-order valence-corrected chi connectivity index (χ3v) is 3.78. The molecule has 0 aromatic heterocycles. The van der Waals surface area contributed by atoms with Crippen LogP contribution in [0, 0.1) is 0 Å². The first kappa shape index (κ1) is 10.5. The van der Waals surface area contributed by atoms with Crippen LogP contribution in [0.25, 0.3) is 0 Å². The molecule has 1 aromatic carbocycles. The Labute approximate surface area is 91.4 Å². The highest BCUT2D eigenvalue weighted by atomic mass is 16.5. The van der Waals surface area contributed by atoms with Crippen LogP contribution in [0.3, 0.4) is 0 Å². The van der Waals surface area contributed by atoms with Crippen molar-refractivity contribution in [3.8, 4) is 5.75 Å². The molecule has 15 heavy (non-hydrogen) atoms. The van der Waals surface area contributed by atoms with Gasteiger partial charge in [0.25, 0.3) is 0 Å². The van der Waals surface area contributed by atoms with Crippen LogP contribution in [0.1, 0.15) is 31.7 Å². The second kappa shape index (κ2) is 3.86. The fraction of sp³-hybridized carbons (Fsp3) is 0.538. The molecule has 0 spiro atoms. The SMILES string of the molecule is COc1ccc(C2(C(C)N)CCC2)cc1. The van der Waals surface area contributed by atoms with Gasteiger partial charge in [-0.05, 0) is 37.5 Å². The molecule has 1 aliphatic carbocycles. The van der Waals surface area contributed by atoms with Gasteiger partial charge in [-0.25, -0.2) is 0 Å². The molecule has 2 rings (SSSR count). The Kier molecular flexibility index (Phi) is 2.70. The summed E-state index contributed by atoms with van der Waals surface area (Å²) in [5.74, 6) is 0.915. The molecule has 0 radical (unpaired) electrons. The monoisotopic (exact) mass is 205 g/mol. The Balaban J connectivity index is 2.27. The third-order valence-electron chi connectivity index (χ3n) is 3.78. The minimum Gasteiger partial charge on any atom is -0.497 e. The number of methoxy groups -OCH3 is 1. The molecule has 1 fully saturated rings. The van der Waals surface area contributed by atoms with Gasteiger partial charge in [-0.2, -0.15) is 0 Å². The number of hydrogen-bond donors (Lipinski definition) is 1. The van der Waals surface area contributed by atoms with Crippen molar-refractivity contribution in [2.45, 2.75) is 37.6 Å². The van der Waals surface area contributed by atoms with E-state index in [-0.39, 0.29) is 11.5 Å². The lowest BCUT2D eigenvalue weighted by molar-refractivity contribution is 0.205. The maximum absolute atomic E-state index is 6.10. The van der Waals surface area contributed by atoms with Gasteiger partial charge in [-0.1, -0.05) is 18.6 Å². The van der Waals surface area contributed by atoms with Crippen LogP contribution in [-0.2, 0) is 5.41 Å². The van der Waals surface area contributed by atoms with Gasteiger partial charge in [0.05, 0.1) is 7.11 Å². The summed E-state index contributed by atoms with van der Waals surface area (Å²) in [7, 11) is 1.69. The maximum Gasteiger partial charge on any atom is 0.118 e. The molecule has 0 heterocycles. The van der Waals surface area contributed by atoms with Crippen molar-refractivity contribution in [2.75, 3.05) is 7.11 Å². The molecule has 0 saturated heterocycles. The second-order valence-electron chi connectivity index (χ2n) is 4.53. The lowest BCUT2D eigenvalue weighted by atomic mass is 9.61. The molecule has 2 nitrogen and oxygen atoms in total. The standard InChI is InChI=1S/C13H19NO/c1-10(14)13(8-3-9-13)11-4-6-12(15-2)7-5-11/h4-7,10H,3,8-9,14H2,1-2H3. The van der Waals surface area contributed by atoms with Gasteiger partial charge in [0.2, 0.25) is 0 Å². The van der Waals surface area contributed by atoms with Crippen LogP contribution in [0.2, 0.25) is 0 Å². The Morgan fingerprint density at radius 2 is 1.87 bits per heavy atom. The summed E-state index contributed by atoms with van der Waals surface area (Å²) in [5, 5.41) is 0. The van der Waals surface area contributed by atoms with E-state index in [9.17, 15) is 0 Å². The van der Waals surface area contributed by atoms with Crippen LogP contribution in [-0.4, -0.2) is 13.2 Å². The molecular formula is C13H19NO. The van der Waals surface area contributed by atoms with Crippen LogP contribution in [0.15, 0.2) is 24.3 Å². The lowest BCUT2D eigenvalue weighted by Crippen LogP contribution is -2.48. The van der Waals surface area contributed by atoms with Crippen molar-refractivity contribution in [3.05, 3.63) is 29.8 Å². The zero-order chi connectivity index (χ0) is 10.9. The Hall–Kier alpha value is -1.02. The van der Waals surface area contributed by atoms with Crippen LogP contribution in [0.5, 0.6) is 5.75 Å². The van der Waals surface area contributed by atoms with E-state index in [4.69, 9.17) is 10.5 Å². The molecule has 1 unspecified atom stereocenters. The quantitative estimate of drug-likeness (QED) is 0.822. The van der Waals surface area contributed by atoms with Gasteiger partial charge in [0, 0.05) is 11.5 Å². The molecule has 0 bridgehead atoms. The Morgan fingerprint density at radius 1 is 1.27 bits per heavy atom. The minimum atomic E-state index is 0.228. The van der Waals surface area contributed by atoms with Gasteiger partial charge in [-0.3, -0.25) is 0 Å². The van der Waals surface area contributed by atoms with E-state index in [0.29, 0.717) is 0 Å². The number of nitrogens with two attached hydrogens (primary N) is 1. The van der Waals surface area contributed by atoms with Crippen molar-refractivity contribution < 1.29 is 4.74 Å². The zero-order valence-corrected chi connectivity index (χ0v) is 9.49. The van der Waals surface area contributed by atoms with Gasteiger partial charge < -0.3 is 10.5 Å². The highest BCUT2D eigenvalue weighted by molar-refractivity contribution is 5.35. The highest BCUT2D eigenvalue weighted by Crippen LogP contribution is 2.45. The molecule has 0 aliphatic heterocycles. The summed E-state index contributed by atoms with van der Waals surface area (Å²) in [6, 6.07) is 8.60. The van der Waals surface area contributed by atoms with E-state index in [1.54, 1.807) is 7.11 Å². The average Bonchev–Trinajstić information content (AvgIpc) is 2.16. The summed E-state index contributed by atoms with van der Waals surface area (Å²) in [5.41, 5.74) is 7.70. The predicted octanol–water partition coefficient (Wildman–Crippen LogP) is 2.46. The molecule has 1 atom stereocenters. The summed E-state index contributed by atoms with van der Waals surface area (Å²) in [4.78, 5) is 0. The normalized spacial score (nSPS) is 20.5. The van der Waals surface area contributed by atoms with E-state index in [1.807, 2.05) is 12.1 Å². The smallest absolute Gasteiger partial charge is 0.118 e. The number of benzene rings is 1. The van der Waals surface area contributed by atoms with E-state index in [1.165, 1.54) is 24.8 Å². The van der Waals surface area contributed by atoms with Crippen molar-refractivity contribution >= 4 is 0 Å². The fourth-order valence-electron chi connectivity index (χ4n) is 2.49. The Bertz CT molecular complexity index is 325. The van der Waals surface area contributed by atoms with Crippen LogP contribution >= 0.6 is 0 Å². The maximum atomic E-state index is 6.10. The van der Waals surface area contributed by atoms with Crippen LogP contribution < -0.4 is 10.5 Å². The van der Waals surface area contributed by atoms with Gasteiger partial charge >= 0.3 is 0 Å². The summed E-state index contributed by atoms with van der Waals surface area (Å²) >= 11 is 0. The first-order valence-corrected chi connectivity index (χ1v) is 5.59. The lowest BCUT2D eigenvalue weighted by Gasteiger charge is -2.45. The molecule has 1 aliphatic rings. The number of ether oxygens (including phenoxy) is 1. The third kappa shape index (κ3) is 1.63. The highest BCUT2D eigenvalue weighted by Gasteiger charge is 2.41. The molecule has 82 valence electrons. The van der Waals surface area contributed by atoms with E-state index < -0.39 is 0 Å². The van der Waals surface area contributed by atoms with E-state index in [2.05, 4.69) is 19.1 Å². The molecule has 0 amide bonds. The molecule has 1 aromatic rings. The topological polar surface area (TPSA) is 35.2 Å². The second-order valence-corrected chi connectivity index (χ2v) is 4.53. The van der Waals surface area contributed by atoms with Gasteiger partial charge in [-0.15, -0.1) is 0 Å². The van der Waals surface area contributed by atoms with Crippen molar-refractivity contribution in [2.24, 2.45) is 5.73 Å². The Morgan fingerprint density at radius 3 is 2.20 bits per heavy atom. The zero-order valence-electron chi connectivity index (χ0n) is 9.49. The fourth-order valence-corrected chi connectivity index (χ4v) is 2.49. The summed E-state index contributed by atoms with van der Waals surface area (Å²) in [6.07, 6.45) is 3.74. The number of rotatable bonds is 3. The summed E-state index contributed by atoms with van der Waals surface area (Å²) < 4.78 is 5.16. The van der Waals surface area contributed by atoms with Gasteiger partial charge in [0.1, 0.15) is 5.75 Å². The largest absolute Gasteiger partial charge is 0.497 e. The first-order valence-electron chi connectivity index (χ1n) is 5.59. The summed E-state index contributed by atoms with van der Waals surface area (Å²) in [6.45, 7) is 2.11. The molecule has 2 heteroatoms.